The standard InChI is InChI=1S/C19H21NO4S/c1-3-25(23)17-12-8-7-11-16(17)19(22)24-13-18(21)20-14(2)15-9-5-4-6-10-15/h4-12,14H,3,13H2,1-2H3,(H,20,21)/t14-,25-/m0/s1. The highest BCUT2D eigenvalue weighted by molar-refractivity contribution is 7.85. The summed E-state index contributed by atoms with van der Waals surface area (Å²) in [4.78, 5) is 24.6. The van der Waals surface area contributed by atoms with E-state index >= 15 is 0 Å². The molecule has 1 amide bonds. The van der Waals surface area contributed by atoms with Crippen molar-refractivity contribution in [3.8, 4) is 0 Å². The number of hydrogen-bond donors (Lipinski definition) is 1. The van der Waals surface area contributed by atoms with Crippen molar-refractivity contribution in [1.29, 1.82) is 0 Å². The fourth-order valence-electron chi connectivity index (χ4n) is 2.31. The highest BCUT2D eigenvalue weighted by atomic mass is 32.2. The van der Waals surface area contributed by atoms with Crippen LogP contribution in [0.2, 0.25) is 0 Å². The molecule has 0 aliphatic heterocycles. The van der Waals surface area contributed by atoms with Gasteiger partial charge in [0.25, 0.3) is 5.91 Å². The first-order valence-electron chi connectivity index (χ1n) is 8.01. The topological polar surface area (TPSA) is 72.5 Å². The molecule has 2 atom stereocenters. The van der Waals surface area contributed by atoms with Crippen molar-refractivity contribution in [1.82, 2.24) is 5.32 Å². The Hall–Kier alpha value is -2.47. The lowest BCUT2D eigenvalue weighted by atomic mass is 10.1. The maximum atomic E-state index is 12.2. The van der Waals surface area contributed by atoms with Gasteiger partial charge in [-0.1, -0.05) is 49.4 Å². The monoisotopic (exact) mass is 359 g/mol. The Kier molecular flexibility index (Phi) is 6.89. The molecule has 0 bridgehead atoms. The van der Waals surface area contributed by atoms with E-state index < -0.39 is 22.7 Å². The summed E-state index contributed by atoms with van der Waals surface area (Å²) in [5.74, 6) is -0.641. The first-order chi connectivity index (χ1) is 12.0. The number of benzene rings is 2. The van der Waals surface area contributed by atoms with E-state index in [1.165, 1.54) is 0 Å². The second-order valence-electron chi connectivity index (χ2n) is 5.41. The number of ether oxygens (including phenoxy) is 1. The maximum Gasteiger partial charge on any atom is 0.339 e. The molecule has 0 unspecified atom stereocenters. The average Bonchev–Trinajstić information content (AvgIpc) is 2.66. The minimum atomic E-state index is -1.27. The number of amides is 1. The molecule has 2 rings (SSSR count). The summed E-state index contributed by atoms with van der Waals surface area (Å²) in [7, 11) is -1.27. The molecule has 25 heavy (non-hydrogen) atoms. The Morgan fingerprint density at radius 3 is 2.40 bits per heavy atom. The van der Waals surface area contributed by atoms with Gasteiger partial charge in [0.2, 0.25) is 0 Å². The van der Waals surface area contributed by atoms with Crippen LogP contribution in [-0.2, 0) is 20.3 Å². The molecule has 5 nitrogen and oxygen atoms in total. The molecule has 0 heterocycles. The highest BCUT2D eigenvalue weighted by Gasteiger charge is 2.17. The van der Waals surface area contributed by atoms with Crippen molar-refractivity contribution < 1.29 is 18.5 Å². The van der Waals surface area contributed by atoms with Gasteiger partial charge >= 0.3 is 5.97 Å². The predicted molar refractivity (Wildman–Crippen MR) is 96.7 cm³/mol. The van der Waals surface area contributed by atoms with Gasteiger partial charge in [-0.25, -0.2) is 4.79 Å². The lowest BCUT2D eigenvalue weighted by molar-refractivity contribution is -0.124. The summed E-state index contributed by atoms with van der Waals surface area (Å²) in [6.07, 6.45) is 0. The van der Waals surface area contributed by atoms with E-state index in [1.54, 1.807) is 31.2 Å². The average molecular weight is 359 g/mol. The number of carbonyl (C=O) groups is 2. The van der Waals surface area contributed by atoms with Crippen LogP contribution in [0, 0.1) is 0 Å². The van der Waals surface area contributed by atoms with Crippen LogP contribution in [0.3, 0.4) is 0 Å². The lowest BCUT2D eigenvalue weighted by Gasteiger charge is -2.14. The van der Waals surface area contributed by atoms with Gasteiger partial charge in [-0.2, -0.15) is 0 Å². The third kappa shape index (κ3) is 5.26. The summed E-state index contributed by atoms with van der Waals surface area (Å²) >= 11 is 0. The second kappa shape index (κ2) is 9.13. The Bertz CT molecular complexity index is 761. The van der Waals surface area contributed by atoms with Crippen LogP contribution in [0.4, 0.5) is 0 Å². The second-order valence-corrected chi connectivity index (χ2v) is 7.11. The molecule has 2 aromatic rings. The van der Waals surface area contributed by atoms with E-state index in [1.807, 2.05) is 37.3 Å². The fraction of sp³-hybridized carbons (Fsp3) is 0.263. The first-order valence-corrected chi connectivity index (χ1v) is 9.33. The van der Waals surface area contributed by atoms with Gasteiger partial charge in [0.1, 0.15) is 0 Å². The van der Waals surface area contributed by atoms with Crippen molar-refractivity contribution in [2.75, 3.05) is 12.4 Å². The highest BCUT2D eigenvalue weighted by Crippen LogP contribution is 2.15. The number of hydrogen-bond acceptors (Lipinski definition) is 4. The third-order valence-corrected chi connectivity index (χ3v) is 5.00. The summed E-state index contributed by atoms with van der Waals surface area (Å²) in [6.45, 7) is 3.24. The molecule has 0 aliphatic carbocycles. The first kappa shape index (κ1) is 18.9. The van der Waals surface area contributed by atoms with Crippen LogP contribution in [-0.4, -0.2) is 28.4 Å². The molecular formula is C19H21NO4S. The predicted octanol–water partition coefficient (Wildman–Crippen LogP) is 2.85. The van der Waals surface area contributed by atoms with Crippen LogP contribution in [0.1, 0.15) is 35.8 Å². The van der Waals surface area contributed by atoms with E-state index in [0.717, 1.165) is 5.56 Å². The van der Waals surface area contributed by atoms with E-state index in [-0.39, 0.29) is 18.2 Å². The van der Waals surface area contributed by atoms with Crippen molar-refractivity contribution >= 4 is 22.7 Å². The zero-order valence-corrected chi connectivity index (χ0v) is 15.0. The Morgan fingerprint density at radius 2 is 1.72 bits per heavy atom. The summed E-state index contributed by atoms with van der Waals surface area (Å²) in [5.41, 5.74) is 1.19. The number of nitrogens with one attached hydrogen (secondary N) is 1. The van der Waals surface area contributed by atoms with Crippen LogP contribution in [0.25, 0.3) is 0 Å². The summed E-state index contributed by atoms with van der Waals surface area (Å²) < 4.78 is 17.1. The van der Waals surface area contributed by atoms with Gasteiger partial charge in [-0.15, -0.1) is 0 Å². The SMILES string of the molecule is CC[S@](=O)c1ccccc1C(=O)OCC(=O)N[C@@H](C)c1ccccc1. The van der Waals surface area contributed by atoms with E-state index in [0.29, 0.717) is 10.6 Å². The zero-order valence-electron chi connectivity index (χ0n) is 14.2. The van der Waals surface area contributed by atoms with Gasteiger partial charge in [0.15, 0.2) is 6.61 Å². The summed E-state index contributed by atoms with van der Waals surface area (Å²) in [6, 6.07) is 15.9. The molecule has 0 saturated heterocycles. The van der Waals surface area contributed by atoms with Crippen molar-refractivity contribution in [2.45, 2.75) is 24.8 Å². The molecule has 0 aromatic heterocycles. The van der Waals surface area contributed by atoms with Gasteiger partial charge in [0.05, 0.1) is 27.3 Å². The van der Waals surface area contributed by atoms with E-state index in [9.17, 15) is 13.8 Å². The normalized spacial score (nSPS) is 12.9. The van der Waals surface area contributed by atoms with Crippen molar-refractivity contribution in [2.24, 2.45) is 0 Å². The van der Waals surface area contributed by atoms with Gasteiger partial charge in [-0.05, 0) is 24.6 Å². The van der Waals surface area contributed by atoms with E-state index in [4.69, 9.17) is 4.74 Å². The minimum absolute atomic E-state index is 0.188. The molecule has 0 saturated carbocycles. The van der Waals surface area contributed by atoms with Gasteiger partial charge < -0.3 is 10.1 Å². The molecular weight excluding hydrogens is 338 g/mol. The quantitative estimate of drug-likeness (QED) is 0.772. The van der Waals surface area contributed by atoms with Crippen LogP contribution < -0.4 is 5.32 Å². The minimum Gasteiger partial charge on any atom is -0.452 e. The molecule has 0 spiro atoms. The summed E-state index contributed by atoms with van der Waals surface area (Å²) in [5, 5.41) is 2.78. The Morgan fingerprint density at radius 1 is 1.08 bits per heavy atom. The molecule has 1 N–H and O–H groups in total. The molecule has 0 fully saturated rings. The smallest absolute Gasteiger partial charge is 0.339 e. The Labute approximate surface area is 149 Å². The fourth-order valence-corrected chi connectivity index (χ4v) is 3.24. The van der Waals surface area contributed by atoms with Crippen molar-refractivity contribution in [3.05, 3.63) is 65.7 Å². The largest absolute Gasteiger partial charge is 0.452 e. The molecule has 0 radical (unpaired) electrons. The molecule has 0 aliphatic rings. The lowest BCUT2D eigenvalue weighted by Crippen LogP contribution is -2.31. The van der Waals surface area contributed by atoms with Crippen molar-refractivity contribution in [3.63, 3.8) is 0 Å². The third-order valence-electron chi connectivity index (χ3n) is 3.63. The molecule has 132 valence electrons. The Balaban J connectivity index is 1.94. The van der Waals surface area contributed by atoms with Crippen LogP contribution in [0.5, 0.6) is 0 Å². The maximum absolute atomic E-state index is 12.2. The van der Waals surface area contributed by atoms with Crippen LogP contribution in [0.15, 0.2) is 59.5 Å². The molecule has 2 aromatic carbocycles. The number of carbonyl (C=O) groups excluding carboxylic acids is 2. The van der Waals surface area contributed by atoms with Crippen LogP contribution >= 0.6 is 0 Å². The zero-order chi connectivity index (χ0) is 18.2. The van der Waals surface area contributed by atoms with Gasteiger partial charge in [0, 0.05) is 5.75 Å². The van der Waals surface area contributed by atoms with E-state index in [2.05, 4.69) is 5.32 Å². The number of rotatable bonds is 7. The van der Waals surface area contributed by atoms with Gasteiger partial charge in [-0.3, -0.25) is 9.00 Å². The number of esters is 1. The molecule has 6 heteroatoms.